The number of carbonyl (C=O) groups excluding carboxylic acids is 1. The van der Waals surface area contributed by atoms with Gasteiger partial charge in [-0.2, -0.15) is 0 Å². The SMILES string of the molecule is Cc1c(F)cc(C(=O)N(C)C)cc1S(N)(=O)=O. The van der Waals surface area contributed by atoms with Crippen molar-refractivity contribution in [1.82, 2.24) is 4.90 Å². The minimum atomic E-state index is -4.05. The van der Waals surface area contributed by atoms with E-state index in [1.54, 1.807) is 0 Å². The molecule has 0 aliphatic carbocycles. The molecule has 94 valence electrons. The van der Waals surface area contributed by atoms with Crippen molar-refractivity contribution in [3.05, 3.63) is 29.1 Å². The minimum absolute atomic E-state index is 0.0536. The third-order valence-electron chi connectivity index (χ3n) is 2.26. The van der Waals surface area contributed by atoms with Crippen molar-refractivity contribution < 1.29 is 17.6 Å². The van der Waals surface area contributed by atoms with Gasteiger partial charge in [-0.05, 0) is 19.1 Å². The fourth-order valence-electron chi connectivity index (χ4n) is 1.33. The largest absolute Gasteiger partial charge is 0.345 e. The summed E-state index contributed by atoms with van der Waals surface area (Å²) in [6, 6.07) is 2.07. The van der Waals surface area contributed by atoms with E-state index in [9.17, 15) is 17.6 Å². The molecule has 1 aromatic rings. The van der Waals surface area contributed by atoms with Crippen LogP contribution in [-0.4, -0.2) is 33.3 Å². The normalized spacial score (nSPS) is 11.4. The van der Waals surface area contributed by atoms with Gasteiger partial charge in [-0.3, -0.25) is 4.79 Å². The Morgan fingerprint density at radius 2 is 1.88 bits per heavy atom. The number of benzene rings is 1. The van der Waals surface area contributed by atoms with Crippen molar-refractivity contribution in [3.8, 4) is 0 Å². The van der Waals surface area contributed by atoms with Gasteiger partial charge < -0.3 is 4.90 Å². The average Bonchev–Trinajstić information content (AvgIpc) is 2.18. The highest BCUT2D eigenvalue weighted by Crippen LogP contribution is 2.20. The fourth-order valence-corrected chi connectivity index (χ4v) is 2.15. The molecule has 0 unspecified atom stereocenters. The maximum Gasteiger partial charge on any atom is 0.253 e. The first-order chi connectivity index (χ1) is 7.64. The lowest BCUT2D eigenvalue weighted by Gasteiger charge is -2.12. The molecule has 0 aliphatic rings. The van der Waals surface area contributed by atoms with Crippen LogP contribution < -0.4 is 5.14 Å². The second-order valence-corrected chi connectivity index (χ2v) is 5.36. The van der Waals surface area contributed by atoms with E-state index in [-0.39, 0.29) is 16.0 Å². The molecule has 2 N–H and O–H groups in total. The molecule has 0 saturated heterocycles. The number of nitrogens with zero attached hydrogens (tertiary/aromatic N) is 1. The number of hydrogen-bond acceptors (Lipinski definition) is 3. The molecule has 0 heterocycles. The summed E-state index contributed by atoms with van der Waals surface area (Å²) in [4.78, 5) is 12.5. The van der Waals surface area contributed by atoms with E-state index >= 15 is 0 Å². The lowest BCUT2D eigenvalue weighted by Crippen LogP contribution is -2.23. The van der Waals surface area contributed by atoms with E-state index in [2.05, 4.69) is 0 Å². The van der Waals surface area contributed by atoms with Gasteiger partial charge in [0.05, 0.1) is 4.90 Å². The van der Waals surface area contributed by atoms with Gasteiger partial charge in [0.2, 0.25) is 10.0 Å². The van der Waals surface area contributed by atoms with E-state index in [1.807, 2.05) is 0 Å². The zero-order chi connectivity index (χ0) is 13.4. The molecule has 7 heteroatoms. The number of nitrogens with two attached hydrogens (primary N) is 1. The zero-order valence-electron chi connectivity index (χ0n) is 9.69. The minimum Gasteiger partial charge on any atom is -0.345 e. The van der Waals surface area contributed by atoms with Gasteiger partial charge in [-0.1, -0.05) is 0 Å². The Balaban J connectivity index is 3.50. The van der Waals surface area contributed by atoms with Gasteiger partial charge in [0.1, 0.15) is 5.82 Å². The van der Waals surface area contributed by atoms with Crippen molar-refractivity contribution in [3.63, 3.8) is 0 Å². The van der Waals surface area contributed by atoms with E-state index in [0.29, 0.717) is 0 Å². The van der Waals surface area contributed by atoms with Gasteiger partial charge in [0, 0.05) is 25.2 Å². The molecule has 1 rings (SSSR count). The van der Waals surface area contributed by atoms with E-state index in [0.717, 1.165) is 12.1 Å². The first kappa shape index (κ1) is 13.6. The molecule has 0 aliphatic heterocycles. The summed E-state index contributed by atoms with van der Waals surface area (Å²) in [7, 11) is -1.08. The number of halogens is 1. The van der Waals surface area contributed by atoms with Crippen LogP contribution in [0.3, 0.4) is 0 Å². The Morgan fingerprint density at radius 3 is 2.29 bits per heavy atom. The molecule has 0 saturated carbocycles. The van der Waals surface area contributed by atoms with Crippen LogP contribution in [-0.2, 0) is 10.0 Å². The molecule has 0 spiro atoms. The summed E-state index contributed by atoms with van der Waals surface area (Å²) >= 11 is 0. The Labute approximate surface area is 99.1 Å². The highest BCUT2D eigenvalue weighted by atomic mass is 32.2. The van der Waals surface area contributed by atoms with E-state index < -0.39 is 21.7 Å². The van der Waals surface area contributed by atoms with Crippen molar-refractivity contribution in [2.45, 2.75) is 11.8 Å². The molecular weight excluding hydrogens is 247 g/mol. The fraction of sp³-hybridized carbons (Fsp3) is 0.300. The maximum absolute atomic E-state index is 13.5. The quantitative estimate of drug-likeness (QED) is 0.840. The Morgan fingerprint density at radius 1 is 1.35 bits per heavy atom. The lowest BCUT2D eigenvalue weighted by molar-refractivity contribution is 0.0827. The summed E-state index contributed by atoms with van der Waals surface area (Å²) in [5, 5.41) is 4.95. The van der Waals surface area contributed by atoms with Crippen molar-refractivity contribution in [1.29, 1.82) is 0 Å². The summed E-state index contributed by atoms with van der Waals surface area (Å²) < 4.78 is 36.0. The van der Waals surface area contributed by atoms with Crippen molar-refractivity contribution in [2.24, 2.45) is 5.14 Å². The number of amides is 1. The van der Waals surface area contributed by atoms with Crippen LogP contribution in [0.2, 0.25) is 0 Å². The number of hydrogen-bond donors (Lipinski definition) is 1. The lowest BCUT2D eigenvalue weighted by atomic mass is 10.1. The first-order valence-electron chi connectivity index (χ1n) is 4.69. The first-order valence-corrected chi connectivity index (χ1v) is 6.24. The third-order valence-corrected chi connectivity index (χ3v) is 3.29. The molecule has 0 fully saturated rings. The molecule has 1 aromatic carbocycles. The highest BCUT2D eigenvalue weighted by molar-refractivity contribution is 7.89. The van der Waals surface area contributed by atoms with Gasteiger partial charge in [-0.25, -0.2) is 17.9 Å². The van der Waals surface area contributed by atoms with Crippen molar-refractivity contribution >= 4 is 15.9 Å². The molecular formula is C10H13FN2O3S. The molecule has 1 amide bonds. The summed E-state index contributed by atoms with van der Waals surface area (Å²) in [6.07, 6.45) is 0. The Kier molecular flexibility index (Phi) is 3.53. The predicted octanol–water partition coefficient (Wildman–Crippen LogP) is 0.483. The standard InChI is InChI=1S/C10H13FN2O3S/c1-6-8(11)4-7(10(14)13(2)3)5-9(6)17(12,15)16/h4-5H,1-3H3,(H2,12,15,16). The number of sulfonamides is 1. The molecule has 0 aromatic heterocycles. The van der Waals surface area contributed by atoms with Crippen LogP contribution in [0.25, 0.3) is 0 Å². The molecule has 17 heavy (non-hydrogen) atoms. The second kappa shape index (κ2) is 4.42. The van der Waals surface area contributed by atoms with Gasteiger partial charge in [0.25, 0.3) is 5.91 Å². The van der Waals surface area contributed by atoms with Gasteiger partial charge >= 0.3 is 0 Å². The van der Waals surface area contributed by atoms with Gasteiger partial charge in [0.15, 0.2) is 0 Å². The second-order valence-electron chi connectivity index (χ2n) is 3.83. The average molecular weight is 260 g/mol. The highest BCUT2D eigenvalue weighted by Gasteiger charge is 2.19. The van der Waals surface area contributed by atoms with Crippen LogP contribution in [0.1, 0.15) is 15.9 Å². The van der Waals surface area contributed by atoms with Crippen LogP contribution in [0.15, 0.2) is 17.0 Å². The zero-order valence-corrected chi connectivity index (χ0v) is 10.5. The monoisotopic (exact) mass is 260 g/mol. The van der Waals surface area contributed by atoms with Crippen LogP contribution in [0, 0.1) is 12.7 Å². The van der Waals surface area contributed by atoms with Crippen molar-refractivity contribution in [2.75, 3.05) is 14.1 Å². The maximum atomic E-state index is 13.5. The van der Waals surface area contributed by atoms with Gasteiger partial charge in [-0.15, -0.1) is 0 Å². The topological polar surface area (TPSA) is 80.5 Å². The molecule has 0 radical (unpaired) electrons. The molecule has 5 nitrogen and oxygen atoms in total. The van der Waals surface area contributed by atoms with E-state index in [4.69, 9.17) is 5.14 Å². The Bertz CT molecular complexity index is 567. The number of carbonyl (C=O) groups is 1. The van der Waals surface area contributed by atoms with Crippen LogP contribution in [0.4, 0.5) is 4.39 Å². The number of primary sulfonamides is 1. The van der Waals surface area contributed by atoms with Crippen LogP contribution in [0.5, 0.6) is 0 Å². The summed E-state index contributed by atoms with van der Waals surface area (Å²) in [6.45, 7) is 1.29. The predicted molar refractivity (Wildman–Crippen MR) is 60.5 cm³/mol. The number of rotatable bonds is 2. The Hall–Kier alpha value is -1.47. The molecule has 0 bridgehead atoms. The third kappa shape index (κ3) is 2.80. The summed E-state index contributed by atoms with van der Waals surface area (Å²) in [5.41, 5.74) is -0.148. The smallest absolute Gasteiger partial charge is 0.253 e. The summed E-state index contributed by atoms with van der Waals surface area (Å²) in [5.74, 6) is -1.27. The van der Waals surface area contributed by atoms with Crippen LogP contribution >= 0.6 is 0 Å². The molecule has 0 atom stereocenters. The van der Waals surface area contributed by atoms with E-state index in [1.165, 1.54) is 25.9 Å².